The third kappa shape index (κ3) is 3.76. The van der Waals surface area contributed by atoms with Gasteiger partial charge in [-0.3, -0.25) is 14.9 Å². The van der Waals surface area contributed by atoms with Gasteiger partial charge in [-0.25, -0.2) is 9.97 Å². The summed E-state index contributed by atoms with van der Waals surface area (Å²) < 4.78 is 1.69. The number of hydrogen-bond acceptors (Lipinski definition) is 6. The van der Waals surface area contributed by atoms with Crippen LogP contribution in [-0.2, 0) is 17.8 Å². The Bertz CT molecular complexity index is 1070. The molecule has 0 spiro atoms. The first-order valence-electron chi connectivity index (χ1n) is 8.41. The Hall–Kier alpha value is -3.75. The second-order valence-corrected chi connectivity index (χ2v) is 5.99. The first-order chi connectivity index (χ1) is 13.2. The number of pyridine rings is 1. The topological polar surface area (TPSA) is 122 Å². The molecule has 1 amide bonds. The normalized spacial score (nSPS) is 11.0. The van der Waals surface area contributed by atoms with Crippen molar-refractivity contribution in [3.8, 4) is 17.1 Å². The minimum absolute atomic E-state index is 0.122. The van der Waals surface area contributed by atoms with Crippen molar-refractivity contribution in [2.45, 2.75) is 13.0 Å². The van der Waals surface area contributed by atoms with Crippen LogP contribution in [0.25, 0.3) is 22.4 Å². The summed E-state index contributed by atoms with van der Waals surface area (Å²) in [6.45, 7) is 0.551. The summed E-state index contributed by atoms with van der Waals surface area (Å²) in [4.78, 5) is 24.8. The number of imidazole rings is 1. The van der Waals surface area contributed by atoms with Gasteiger partial charge < -0.3 is 15.0 Å². The zero-order valence-corrected chi connectivity index (χ0v) is 14.3. The summed E-state index contributed by atoms with van der Waals surface area (Å²) >= 11 is 0. The smallest absolute Gasteiger partial charge is 0.240 e. The highest BCUT2D eigenvalue weighted by Crippen LogP contribution is 2.18. The van der Waals surface area contributed by atoms with E-state index in [9.17, 15) is 9.90 Å². The Balaban J connectivity index is 1.32. The number of nitrogens with zero attached hydrogens (tertiary/aromatic N) is 5. The highest BCUT2D eigenvalue weighted by atomic mass is 16.3. The van der Waals surface area contributed by atoms with Crippen molar-refractivity contribution in [1.29, 1.82) is 0 Å². The molecule has 27 heavy (non-hydrogen) atoms. The van der Waals surface area contributed by atoms with E-state index < -0.39 is 0 Å². The highest BCUT2D eigenvalue weighted by molar-refractivity contribution is 5.81. The predicted octanol–water partition coefficient (Wildman–Crippen LogP) is 1.28. The fourth-order valence-corrected chi connectivity index (χ4v) is 2.73. The highest BCUT2D eigenvalue weighted by Gasteiger charge is 2.09. The largest absolute Gasteiger partial charge is 0.508 e. The minimum atomic E-state index is -0.148. The molecule has 3 heterocycles. The number of benzene rings is 1. The van der Waals surface area contributed by atoms with Crippen molar-refractivity contribution in [3.63, 3.8) is 0 Å². The van der Waals surface area contributed by atoms with Gasteiger partial charge in [-0.05, 0) is 24.3 Å². The van der Waals surface area contributed by atoms with E-state index >= 15 is 0 Å². The summed E-state index contributed by atoms with van der Waals surface area (Å²) in [5.74, 6) is 1.25. The molecule has 3 N–H and O–H groups in total. The molecule has 136 valence electrons. The Morgan fingerprint density at radius 3 is 3.07 bits per heavy atom. The van der Waals surface area contributed by atoms with E-state index in [2.05, 4.69) is 30.5 Å². The number of phenolic OH excluding ortho intramolecular Hbond substituents is 1. The Labute approximate surface area is 154 Å². The molecular weight excluding hydrogens is 346 g/mol. The van der Waals surface area contributed by atoms with E-state index in [4.69, 9.17) is 0 Å². The third-order valence-corrected chi connectivity index (χ3v) is 4.05. The molecule has 4 aromatic rings. The van der Waals surface area contributed by atoms with Gasteiger partial charge in [0.05, 0.1) is 17.4 Å². The standard InChI is InChI=1S/C18H17N7O2/c26-13-3-4-14-15(8-13)25(11-21-14)10-17(27)20-7-5-16-22-18(24-23-16)12-2-1-6-19-9-12/h1-4,6,8-9,11,26H,5,7,10H2,(H,20,27)(H,22,23,24). The van der Waals surface area contributed by atoms with Gasteiger partial charge in [-0.2, -0.15) is 5.10 Å². The summed E-state index contributed by atoms with van der Waals surface area (Å²) in [6, 6.07) is 8.57. The Kier molecular flexibility index (Phi) is 4.48. The van der Waals surface area contributed by atoms with E-state index in [0.29, 0.717) is 30.1 Å². The molecule has 0 aliphatic rings. The van der Waals surface area contributed by atoms with Gasteiger partial charge in [0.15, 0.2) is 5.82 Å². The first kappa shape index (κ1) is 16.7. The Morgan fingerprint density at radius 1 is 1.30 bits per heavy atom. The fraction of sp³-hybridized carbons (Fsp3) is 0.167. The molecule has 0 aliphatic heterocycles. The van der Waals surface area contributed by atoms with Crippen molar-refractivity contribution in [1.82, 2.24) is 35.0 Å². The number of aromatic nitrogens is 6. The molecule has 0 unspecified atom stereocenters. The lowest BCUT2D eigenvalue weighted by atomic mass is 10.3. The number of carbonyl (C=O) groups excluding carboxylic acids is 1. The molecule has 0 bridgehead atoms. The van der Waals surface area contributed by atoms with E-state index in [-0.39, 0.29) is 18.2 Å². The number of aromatic amines is 1. The number of carbonyl (C=O) groups is 1. The van der Waals surface area contributed by atoms with Crippen LogP contribution in [0.3, 0.4) is 0 Å². The third-order valence-electron chi connectivity index (χ3n) is 4.05. The lowest BCUT2D eigenvalue weighted by Crippen LogP contribution is -2.29. The van der Waals surface area contributed by atoms with Gasteiger partial charge in [0, 0.05) is 37.0 Å². The molecule has 0 saturated heterocycles. The van der Waals surface area contributed by atoms with Crippen LogP contribution in [-0.4, -0.2) is 47.3 Å². The van der Waals surface area contributed by atoms with Crippen molar-refractivity contribution < 1.29 is 9.90 Å². The van der Waals surface area contributed by atoms with Gasteiger partial charge in [-0.1, -0.05) is 0 Å². The molecule has 0 saturated carbocycles. The maximum absolute atomic E-state index is 12.2. The second kappa shape index (κ2) is 7.24. The molecule has 9 heteroatoms. The predicted molar refractivity (Wildman–Crippen MR) is 97.7 cm³/mol. The quantitative estimate of drug-likeness (QED) is 0.474. The van der Waals surface area contributed by atoms with Crippen LogP contribution >= 0.6 is 0 Å². The molecule has 0 atom stereocenters. The second-order valence-electron chi connectivity index (χ2n) is 5.99. The van der Waals surface area contributed by atoms with Gasteiger partial charge in [0.2, 0.25) is 5.91 Å². The lowest BCUT2D eigenvalue weighted by Gasteiger charge is -2.06. The minimum Gasteiger partial charge on any atom is -0.508 e. The maximum atomic E-state index is 12.2. The lowest BCUT2D eigenvalue weighted by molar-refractivity contribution is -0.121. The zero-order chi connectivity index (χ0) is 18.6. The van der Waals surface area contributed by atoms with Crippen LogP contribution in [0.15, 0.2) is 49.1 Å². The van der Waals surface area contributed by atoms with Crippen LogP contribution in [0.5, 0.6) is 5.75 Å². The summed E-state index contributed by atoms with van der Waals surface area (Å²) in [5, 5.41) is 19.5. The van der Waals surface area contributed by atoms with Crippen LogP contribution in [0.4, 0.5) is 0 Å². The monoisotopic (exact) mass is 363 g/mol. The number of nitrogens with one attached hydrogen (secondary N) is 2. The first-order valence-corrected chi connectivity index (χ1v) is 8.41. The average molecular weight is 363 g/mol. The van der Waals surface area contributed by atoms with E-state index in [1.165, 1.54) is 0 Å². The molecule has 4 rings (SSSR count). The van der Waals surface area contributed by atoms with Crippen LogP contribution in [0.2, 0.25) is 0 Å². The number of phenols is 1. The van der Waals surface area contributed by atoms with E-state index in [1.54, 1.807) is 41.5 Å². The maximum Gasteiger partial charge on any atom is 0.240 e. The van der Waals surface area contributed by atoms with E-state index in [0.717, 1.165) is 11.1 Å². The summed E-state index contributed by atoms with van der Waals surface area (Å²) in [7, 11) is 0. The van der Waals surface area contributed by atoms with Crippen molar-refractivity contribution in [3.05, 3.63) is 54.9 Å². The van der Waals surface area contributed by atoms with Gasteiger partial charge >= 0.3 is 0 Å². The molecule has 0 fully saturated rings. The summed E-state index contributed by atoms with van der Waals surface area (Å²) in [5.41, 5.74) is 2.27. The molecule has 3 aromatic heterocycles. The number of aromatic hydroxyl groups is 1. The van der Waals surface area contributed by atoms with Crippen LogP contribution < -0.4 is 5.32 Å². The van der Waals surface area contributed by atoms with E-state index in [1.807, 2.05) is 12.1 Å². The molecule has 0 aliphatic carbocycles. The molecule has 9 nitrogen and oxygen atoms in total. The number of fused-ring (bicyclic) bond motifs is 1. The van der Waals surface area contributed by atoms with Crippen molar-refractivity contribution in [2.24, 2.45) is 0 Å². The van der Waals surface area contributed by atoms with Gasteiger partial charge in [0.25, 0.3) is 0 Å². The van der Waals surface area contributed by atoms with Crippen molar-refractivity contribution >= 4 is 16.9 Å². The van der Waals surface area contributed by atoms with Gasteiger partial charge in [0.1, 0.15) is 18.1 Å². The van der Waals surface area contributed by atoms with Crippen molar-refractivity contribution in [2.75, 3.05) is 6.54 Å². The zero-order valence-electron chi connectivity index (χ0n) is 14.3. The van der Waals surface area contributed by atoms with Crippen LogP contribution in [0.1, 0.15) is 5.82 Å². The average Bonchev–Trinajstić information content (AvgIpc) is 3.30. The van der Waals surface area contributed by atoms with Crippen LogP contribution in [0, 0.1) is 0 Å². The Morgan fingerprint density at radius 2 is 2.22 bits per heavy atom. The molecular formula is C18H17N7O2. The number of amides is 1. The number of rotatable bonds is 6. The number of hydrogen-bond donors (Lipinski definition) is 3. The fourth-order valence-electron chi connectivity index (χ4n) is 2.73. The number of H-pyrrole nitrogens is 1. The van der Waals surface area contributed by atoms with Gasteiger partial charge in [-0.15, -0.1) is 0 Å². The molecule has 0 radical (unpaired) electrons. The SMILES string of the molecule is O=C(Cn1cnc2ccc(O)cc21)NCCc1nc(-c2cccnc2)n[nH]1. The molecule has 1 aromatic carbocycles. The summed E-state index contributed by atoms with van der Waals surface area (Å²) in [6.07, 6.45) is 5.50.